The van der Waals surface area contributed by atoms with Crippen LogP contribution in [0.25, 0.3) is 0 Å². The molecule has 84 valence electrons. The van der Waals surface area contributed by atoms with Crippen molar-refractivity contribution in [3.05, 3.63) is 28.7 Å². The minimum Gasteiger partial charge on any atom is -0.368 e. The highest BCUT2D eigenvalue weighted by atomic mass is 33.1. The van der Waals surface area contributed by atoms with E-state index in [9.17, 15) is 4.79 Å². The van der Waals surface area contributed by atoms with Crippen molar-refractivity contribution in [2.75, 3.05) is 5.32 Å². The molecule has 0 bridgehead atoms. The van der Waals surface area contributed by atoms with Crippen molar-refractivity contribution in [3.8, 4) is 0 Å². The van der Waals surface area contributed by atoms with Gasteiger partial charge in [0.2, 0.25) is 0 Å². The van der Waals surface area contributed by atoms with Gasteiger partial charge in [-0.2, -0.15) is 0 Å². The van der Waals surface area contributed by atoms with Gasteiger partial charge in [0.25, 0.3) is 5.56 Å². The molecule has 1 N–H and O–H groups in total. The highest BCUT2D eigenvalue weighted by molar-refractivity contribution is 8.68. The molecule has 0 spiro atoms. The second-order valence-corrected chi connectivity index (χ2v) is 5.17. The molecule has 1 heterocycles. The summed E-state index contributed by atoms with van der Waals surface area (Å²) in [7, 11) is 1.38. The summed E-state index contributed by atoms with van der Waals surface area (Å²) in [6.07, 6.45) is 1.80. The SMILES string of the molecule is CC(Nc1cccn(C(C)C)c1=O)SS. The molecule has 5 heteroatoms. The molecule has 15 heavy (non-hydrogen) atoms. The van der Waals surface area contributed by atoms with Crippen molar-refractivity contribution in [3.63, 3.8) is 0 Å². The van der Waals surface area contributed by atoms with E-state index >= 15 is 0 Å². The molecule has 0 aliphatic carbocycles. The minimum atomic E-state index is 0.0155. The smallest absolute Gasteiger partial charge is 0.274 e. The Morgan fingerprint density at radius 2 is 2.13 bits per heavy atom. The molecule has 1 aromatic rings. The second-order valence-electron chi connectivity index (χ2n) is 3.62. The van der Waals surface area contributed by atoms with Crippen LogP contribution in [0.15, 0.2) is 23.1 Å². The zero-order chi connectivity index (χ0) is 11.4. The second kappa shape index (κ2) is 5.51. The predicted octanol–water partition coefficient (Wildman–Crippen LogP) is 2.77. The molecule has 3 nitrogen and oxygen atoms in total. The summed E-state index contributed by atoms with van der Waals surface area (Å²) in [5.74, 6) is 0. The maximum atomic E-state index is 11.9. The summed E-state index contributed by atoms with van der Waals surface area (Å²) in [6.45, 7) is 5.94. The summed E-state index contributed by atoms with van der Waals surface area (Å²) in [4.78, 5) is 11.9. The molecule has 0 aliphatic heterocycles. The van der Waals surface area contributed by atoms with Crippen LogP contribution in [-0.2, 0) is 0 Å². The van der Waals surface area contributed by atoms with Crippen molar-refractivity contribution in [1.82, 2.24) is 4.57 Å². The van der Waals surface area contributed by atoms with Gasteiger partial charge >= 0.3 is 0 Å². The van der Waals surface area contributed by atoms with Crippen molar-refractivity contribution in [2.24, 2.45) is 0 Å². The van der Waals surface area contributed by atoms with Crippen molar-refractivity contribution in [2.45, 2.75) is 32.2 Å². The van der Waals surface area contributed by atoms with E-state index in [-0.39, 0.29) is 17.0 Å². The Bertz CT molecular complexity index is 376. The van der Waals surface area contributed by atoms with Gasteiger partial charge in [-0.15, -0.1) is 11.7 Å². The molecule has 0 fully saturated rings. The Hall–Kier alpha value is -0.550. The first-order chi connectivity index (χ1) is 7.06. The van der Waals surface area contributed by atoms with Gasteiger partial charge in [-0.3, -0.25) is 4.79 Å². The Morgan fingerprint density at radius 3 is 2.67 bits per heavy atom. The first-order valence-electron chi connectivity index (χ1n) is 4.84. The molecule has 1 atom stereocenters. The van der Waals surface area contributed by atoms with Crippen LogP contribution in [0.1, 0.15) is 26.8 Å². The molecule has 0 aromatic carbocycles. The van der Waals surface area contributed by atoms with Gasteiger partial charge < -0.3 is 9.88 Å². The molecule has 0 saturated heterocycles. The van der Waals surface area contributed by atoms with Gasteiger partial charge in [-0.1, -0.05) is 10.8 Å². The van der Waals surface area contributed by atoms with E-state index in [2.05, 4.69) is 17.0 Å². The molecule has 0 radical (unpaired) electrons. The number of nitrogens with zero attached hydrogens (tertiary/aromatic N) is 1. The molecular formula is C10H16N2OS2. The van der Waals surface area contributed by atoms with Gasteiger partial charge in [0.05, 0.1) is 5.37 Å². The molecule has 1 unspecified atom stereocenters. The third kappa shape index (κ3) is 3.21. The van der Waals surface area contributed by atoms with E-state index < -0.39 is 0 Å². The van der Waals surface area contributed by atoms with Gasteiger partial charge in [-0.25, -0.2) is 0 Å². The van der Waals surface area contributed by atoms with Crippen LogP contribution in [0.2, 0.25) is 0 Å². The number of aromatic nitrogens is 1. The number of pyridine rings is 1. The molecule has 1 aromatic heterocycles. The lowest BCUT2D eigenvalue weighted by atomic mass is 10.3. The van der Waals surface area contributed by atoms with Crippen molar-refractivity contribution in [1.29, 1.82) is 0 Å². The number of hydrogen-bond acceptors (Lipinski definition) is 4. The summed E-state index contributed by atoms with van der Waals surface area (Å²) in [5.41, 5.74) is 0.641. The van der Waals surface area contributed by atoms with E-state index in [1.54, 1.807) is 16.8 Å². The molecule has 1 rings (SSSR count). The van der Waals surface area contributed by atoms with Crippen LogP contribution < -0.4 is 10.9 Å². The molecular weight excluding hydrogens is 228 g/mol. The Morgan fingerprint density at radius 1 is 1.47 bits per heavy atom. The summed E-state index contributed by atoms with van der Waals surface area (Å²) < 4.78 is 1.71. The van der Waals surface area contributed by atoms with Crippen molar-refractivity contribution < 1.29 is 0 Å². The summed E-state index contributed by atoms with van der Waals surface area (Å²) in [6, 6.07) is 3.85. The fourth-order valence-electron chi connectivity index (χ4n) is 1.27. The zero-order valence-corrected chi connectivity index (χ0v) is 10.8. The monoisotopic (exact) mass is 244 g/mol. The molecule has 0 saturated carbocycles. The van der Waals surface area contributed by atoms with E-state index in [1.165, 1.54) is 10.8 Å². The highest BCUT2D eigenvalue weighted by Gasteiger charge is 2.07. The van der Waals surface area contributed by atoms with E-state index in [0.717, 1.165) is 0 Å². The van der Waals surface area contributed by atoms with E-state index in [1.807, 2.05) is 26.8 Å². The molecule has 0 amide bonds. The van der Waals surface area contributed by atoms with Crippen LogP contribution in [-0.4, -0.2) is 9.94 Å². The number of hydrogen-bond donors (Lipinski definition) is 2. The Balaban J connectivity index is 3.00. The predicted molar refractivity (Wildman–Crippen MR) is 70.7 cm³/mol. The van der Waals surface area contributed by atoms with Crippen molar-refractivity contribution >= 4 is 28.1 Å². The van der Waals surface area contributed by atoms with Gasteiger partial charge in [0, 0.05) is 12.2 Å². The third-order valence-corrected chi connectivity index (χ3v) is 3.43. The lowest BCUT2D eigenvalue weighted by Gasteiger charge is -2.14. The number of nitrogens with one attached hydrogen (secondary N) is 1. The largest absolute Gasteiger partial charge is 0.368 e. The summed E-state index contributed by atoms with van der Waals surface area (Å²) >= 11 is 4.09. The lowest BCUT2D eigenvalue weighted by Crippen LogP contribution is -2.26. The maximum Gasteiger partial charge on any atom is 0.274 e. The lowest BCUT2D eigenvalue weighted by molar-refractivity contribution is 0.579. The van der Waals surface area contributed by atoms with Crippen LogP contribution >= 0.6 is 22.5 Å². The average Bonchev–Trinajstić information content (AvgIpc) is 2.20. The quantitative estimate of drug-likeness (QED) is 0.485. The first-order valence-corrected chi connectivity index (χ1v) is 6.77. The minimum absolute atomic E-state index is 0.0155. The fraction of sp³-hybridized carbons (Fsp3) is 0.500. The van der Waals surface area contributed by atoms with Gasteiger partial charge in [0.15, 0.2) is 0 Å². The van der Waals surface area contributed by atoms with Crippen LogP contribution in [0, 0.1) is 0 Å². The normalized spacial score (nSPS) is 12.9. The third-order valence-electron chi connectivity index (χ3n) is 2.05. The highest BCUT2D eigenvalue weighted by Crippen LogP contribution is 2.15. The van der Waals surface area contributed by atoms with Gasteiger partial charge in [-0.05, 0) is 32.9 Å². The van der Waals surface area contributed by atoms with Gasteiger partial charge in [0.1, 0.15) is 5.69 Å². The van der Waals surface area contributed by atoms with E-state index in [0.29, 0.717) is 5.69 Å². The number of thiol groups is 1. The summed E-state index contributed by atoms with van der Waals surface area (Å²) in [5, 5.41) is 3.22. The molecule has 0 aliphatic rings. The Labute approximate surface area is 99.1 Å². The average molecular weight is 244 g/mol. The fourth-order valence-corrected chi connectivity index (χ4v) is 1.61. The Kier molecular flexibility index (Phi) is 4.60. The van der Waals surface area contributed by atoms with E-state index in [4.69, 9.17) is 0 Å². The number of rotatable bonds is 4. The standard InChI is InChI=1S/C10H16N2OS2/c1-7(2)12-6-4-5-9(10(12)13)11-8(3)15-14/h4-8,11,14H,1-3H3. The number of anilines is 1. The zero-order valence-electron chi connectivity index (χ0n) is 9.10. The van der Waals surface area contributed by atoms with Crippen LogP contribution in [0.5, 0.6) is 0 Å². The maximum absolute atomic E-state index is 11.9. The first kappa shape index (κ1) is 12.5. The van der Waals surface area contributed by atoms with Crippen LogP contribution in [0.3, 0.4) is 0 Å². The van der Waals surface area contributed by atoms with Crippen LogP contribution in [0.4, 0.5) is 5.69 Å². The topological polar surface area (TPSA) is 34.0 Å².